The zero-order valence-corrected chi connectivity index (χ0v) is 12.1. The molecule has 3 nitrogen and oxygen atoms in total. The molecule has 1 spiro atoms. The first-order chi connectivity index (χ1) is 9.65. The van der Waals surface area contributed by atoms with Crippen LogP contribution in [0.2, 0.25) is 0 Å². The van der Waals surface area contributed by atoms with E-state index in [2.05, 4.69) is 16.8 Å². The third-order valence-electron chi connectivity index (χ3n) is 4.38. The smallest absolute Gasteiger partial charge is 0.123 e. The maximum absolute atomic E-state index is 13.0. The summed E-state index contributed by atoms with van der Waals surface area (Å²) in [5.41, 5.74) is 1.18. The Morgan fingerprint density at radius 3 is 2.75 bits per heavy atom. The molecule has 0 saturated carbocycles. The molecule has 0 aromatic heterocycles. The predicted octanol–water partition coefficient (Wildman–Crippen LogP) is 2.12. The lowest BCUT2D eigenvalue weighted by Gasteiger charge is -2.47. The van der Waals surface area contributed by atoms with Crippen LogP contribution in [0, 0.1) is 5.82 Å². The molecule has 0 bridgehead atoms. The fraction of sp³-hybridized carbons (Fsp3) is 0.625. The van der Waals surface area contributed by atoms with Crippen LogP contribution in [0.1, 0.15) is 18.4 Å². The summed E-state index contributed by atoms with van der Waals surface area (Å²) < 4.78 is 19.1. The Balaban J connectivity index is 1.64. The highest BCUT2D eigenvalue weighted by molar-refractivity contribution is 5.16. The van der Waals surface area contributed by atoms with E-state index in [4.69, 9.17) is 4.74 Å². The first-order valence-electron chi connectivity index (χ1n) is 7.45. The third-order valence-corrected chi connectivity index (χ3v) is 4.38. The SMILES string of the molecule is CN1CCCC2(C1)CN(Cc1ccc(F)cc1)CCO2. The molecule has 2 aliphatic heterocycles. The minimum atomic E-state index is -0.166. The molecule has 3 rings (SSSR count). The molecule has 1 unspecified atom stereocenters. The summed E-state index contributed by atoms with van der Waals surface area (Å²) in [5.74, 6) is -0.166. The van der Waals surface area contributed by atoms with Crippen molar-refractivity contribution >= 4 is 0 Å². The molecule has 4 heteroatoms. The van der Waals surface area contributed by atoms with Crippen LogP contribution in [0.5, 0.6) is 0 Å². The van der Waals surface area contributed by atoms with E-state index < -0.39 is 0 Å². The van der Waals surface area contributed by atoms with Crippen LogP contribution in [0.3, 0.4) is 0 Å². The summed E-state index contributed by atoms with van der Waals surface area (Å²) in [6.07, 6.45) is 2.36. The molecule has 1 aromatic rings. The monoisotopic (exact) mass is 278 g/mol. The second kappa shape index (κ2) is 5.80. The Labute approximate surface area is 120 Å². The van der Waals surface area contributed by atoms with E-state index in [1.807, 2.05) is 12.1 Å². The van der Waals surface area contributed by atoms with Crippen LogP contribution >= 0.6 is 0 Å². The van der Waals surface area contributed by atoms with Gasteiger partial charge in [-0.05, 0) is 44.1 Å². The van der Waals surface area contributed by atoms with Crippen LogP contribution in [0.4, 0.5) is 4.39 Å². The number of hydrogen-bond acceptors (Lipinski definition) is 3. The van der Waals surface area contributed by atoms with Gasteiger partial charge in [-0.2, -0.15) is 0 Å². The van der Waals surface area contributed by atoms with E-state index in [1.165, 1.54) is 18.5 Å². The van der Waals surface area contributed by atoms with Gasteiger partial charge in [0.2, 0.25) is 0 Å². The summed E-state index contributed by atoms with van der Waals surface area (Å²) in [5, 5.41) is 0. The van der Waals surface area contributed by atoms with Gasteiger partial charge in [-0.3, -0.25) is 4.90 Å². The van der Waals surface area contributed by atoms with Crippen LogP contribution in [0.15, 0.2) is 24.3 Å². The number of piperidine rings is 1. The number of morpholine rings is 1. The molecular formula is C16H23FN2O. The van der Waals surface area contributed by atoms with Gasteiger partial charge < -0.3 is 9.64 Å². The molecule has 20 heavy (non-hydrogen) atoms. The lowest BCUT2D eigenvalue weighted by Crippen LogP contribution is -2.58. The van der Waals surface area contributed by atoms with Crippen LogP contribution in [0.25, 0.3) is 0 Å². The minimum absolute atomic E-state index is 0.00524. The average molecular weight is 278 g/mol. The van der Waals surface area contributed by atoms with Crippen LogP contribution < -0.4 is 0 Å². The lowest BCUT2D eigenvalue weighted by molar-refractivity contribution is -0.138. The fourth-order valence-corrected chi connectivity index (χ4v) is 3.47. The van der Waals surface area contributed by atoms with Gasteiger partial charge >= 0.3 is 0 Å². The van der Waals surface area contributed by atoms with Crippen molar-refractivity contribution in [3.05, 3.63) is 35.6 Å². The number of likely N-dealkylation sites (tertiary alicyclic amines) is 1. The Morgan fingerprint density at radius 2 is 2.00 bits per heavy atom. The van der Waals surface area contributed by atoms with Crippen molar-refractivity contribution in [1.82, 2.24) is 9.80 Å². The number of nitrogens with zero attached hydrogens (tertiary/aromatic N) is 2. The van der Waals surface area contributed by atoms with Crippen LogP contribution in [-0.4, -0.2) is 55.2 Å². The fourth-order valence-electron chi connectivity index (χ4n) is 3.47. The number of halogens is 1. The lowest BCUT2D eigenvalue weighted by atomic mass is 9.91. The van der Waals surface area contributed by atoms with E-state index >= 15 is 0 Å². The Bertz CT molecular complexity index is 446. The van der Waals surface area contributed by atoms with Crippen LogP contribution in [-0.2, 0) is 11.3 Å². The molecule has 2 fully saturated rings. The van der Waals surface area contributed by atoms with Crippen molar-refractivity contribution in [2.24, 2.45) is 0 Å². The first kappa shape index (κ1) is 14.0. The number of likely N-dealkylation sites (N-methyl/N-ethyl adjacent to an activating group) is 1. The second-order valence-corrected chi connectivity index (χ2v) is 6.21. The van der Waals surface area contributed by atoms with Crippen molar-refractivity contribution in [2.75, 3.05) is 39.8 Å². The van der Waals surface area contributed by atoms with Gasteiger partial charge in [0.15, 0.2) is 0 Å². The summed E-state index contributed by atoms with van der Waals surface area (Å²) in [6.45, 7) is 5.82. The summed E-state index contributed by atoms with van der Waals surface area (Å²) in [4.78, 5) is 4.81. The Kier molecular flexibility index (Phi) is 4.06. The average Bonchev–Trinajstić information content (AvgIpc) is 2.41. The van der Waals surface area contributed by atoms with Crippen molar-refractivity contribution in [3.8, 4) is 0 Å². The zero-order valence-electron chi connectivity index (χ0n) is 12.1. The molecule has 110 valence electrons. The highest BCUT2D eigenvalue weighted by Gasteiger charge is 2.39. The van der Waals surface area contributed by atoms with E-state index in [1.54, 1.807) is 12.1 Å². The molecule has 1 aromatic carbocycles. The van der Waals surface area contributed by atoms with Gasteiger partial charge in [0.05, 0.1) is 12.2 Å². The molecular weight excluding hydrogens is 255 g/mol. The highest BCUT2D eigenvalue weighted by atomic mass is 19.1. The number of hydrogen-bond donors (Lipinski definition) is 0. The maximum atomic E-state index is 13.0. The molecule has 2 aliphatic rings. The molecule has 0 N–H and O–H groups in total. The third kappa shape index (κ3) is 3.19. The van der Waals surface area contributed by atoms with E-state index in [-0.39, 0.29) is 11.4 Å². The molecule has 2 heterocycles. The minimum Gasteiger partial charge on any atom is -0.371 e. The topological polar surface area (TPSA) is 15.7 Å². The standard InChI is InChI=1S/C16H23FN2O/c1-18-8-2-7-16(12-18)13-19(9-10-20-16)11-14-3-5-15(17)6-4-14/h3-6H,2,7-13H2,1H3. The maximum Gasteiger partial charge on any atom is 0.123 e. The van der Waals surface area contributed by atoms with Crippen molar-refractivity contribution in [1.29, 1.82) is 0 Å². The molecule has 2 saturated heterocycles. The number of ether oxygens (including phenoxy) is 1. The van der Waals surface area contributed by atoms with Crippen molar-refractivity contribution in [3.63, 3.8) is 0 Å². The number of rotatable bonds is 2. The van der Waals surface area contributed by atoms with Gasteiger partial charge in [-0.25, -0.2) is 4.39 Å². The normalized spacial score (nSPS) is 28.9. The van der Waals surface area contributed by atoms with Gasteiger partial charge in [0.1, 0.15) is 5.82 Å². The van der Waals surface area contributed by atoms with E-state index in [9.17, 15) is 4.39 Å². The number of benzene rings is 1. The summed E-state index contributed by atoms with van der Waals surface area (Å²) in [6, 6.07) is 6.84. The van der Waals surface area contributed by atoms with Gasteiger partial charge in [-0.15, -0.1) is 0 Å². The molecule has 0 radical (unpaired) electrons. The molecule has 1 atom stereocenters. The van der Waals surface area contributed by atoms with Gasteiger partial charge in [0, 0.05) is 26.2 Å². The van der Waals surface area contributed by atoms with Crippen molar-refractivity contribution < 1.29 is 9.13 Å². The predicted molar refractivity (Wildman–Crippen MR) is 77.1 cm³/mol. The second-order valence-electron chi connectivity index (χ2n) is 6.21. The highest BCUT2D eigenvalue weighted by Crippen LogP contribution is 2.29. The first-order valence-corrected chi connectivity index (χ1v) is 7.45. The molecule has 0 aliphatic carbocycles. The van der Waals surface area contributed by atoms with Crippen molar-refractivity contribution in [2.45, 2.75) is 25.0 Å². The zero-order chi connectivity index (χ0) is 14.0. The summed E-state index contributed by atoms with van der Waals surface area (Å²) >= 11 is 0. The Morgan fingerprint density at radius 1 is 1.20 bits per heavy atom. The van der Waals surface area contributed by atoms with E-state index in [0.717, 1.165) is 39.2 Å². The largest absolute Gasteiger partial charge is 0.371 e. The Hall–Kier alpha value is -0.970. The van der Waals surface area contributed by atoms with Gasteiger partial charge in [-0.1, -0.05) is 12.1 Å². The van der Waals surface area contributed by atoms with E-state index in [0.29, 0.717) is 0 Å². The quantitative estimate of drug-likeness (QED) is 0.824. The van der Waals surface area contributed by atoms with Gasteiger partial charge in [0.25, 0.3) is 0 Å². The molecule has 0 amide bonds. The summed E-state index contributed by atoms with van der Waals surface area (Å²) in [7, 11) is 2.17.